The molecule has 3 rings (SSSR count). The third-order valence-electron chi connectivity index (χ3n) is 4.74. The van der Waals surface area contributed by atoms with Crippen molar-refractivity contribution in [3.8, 4) is 17.2 Å². The second-order valence-electron chi connectivity index (χ2n) is 6.70. The van der Waals surface area contributed by atoms with Crippen molar-refractivity contribution in [2.24, 2.45) is 0 Å². The fourth-order valence-corrected chi connectivity index (χ4v) is 3.44. The number of halogens is 2. The molecular formula is C20H24F2N2O3. The van der Waals surface area contributed by atoms with Crippen LogP contribution in [0.3, 0.4) is 0 Å². The number of ether oxygens (including phenoxy) is 2. The highest BCUT2D eigenvalue weighted by molar-refractivity contribution is 5.52. The Balaban J connectivity index is 1.67. The zero-order chi connectivity index (χ0) is 19.4. The summed E-state index contributed by atoms with van der Waals surface area (Å²) in [6.45, 7) is 2.37. The maximum absolute atomic E-state index is 13.4. The fourth-order valence-electron chi connectivity index (χ4n) is 3.44. The number of hydrogen-bond acceptors (Lipinski definition) is 5. The Hall–Kier alpha value is -2.54. The number of methoxy groups -OCH3 is 2. The normalized spacial score (nSPS) is 17.6. The Labute approximate surface area is 157 Å². The zero-order valence-electron chi connectivity index (χ0n) is 15.5. The summed E-state index contributed by atoms with van der Waals surface area (Å²) < 4.78 is 36.9. The Morgan fingerprint density at radius 1 is 1.11 bits per heavy atom. The molecule has 1 aliphatic heterocycles. The fraction of sp³-hybridized carbons (Fsp3) is 0.400. The average molecular weight is 378 g/mol. The van der Waals surface area contributed by atoms with Crippen LogP contribution in [0.2, 0.25) is 0 Å². The molecule has 0 amide bonds. The van der Waals surface area contributed by atoms with E-state index in [0.717, 1.165) is 37.6 Å². The molecule has 7 heteroatoms. The largest absolute Gasteiger partial charge is 0.502 e. The highest BCUT2D eigenvalue weighted by Crippen LogP contribution is 2.37. The summed E-state index contributed by atoms with van der Waals surface area (Å²) in [4.78, 5) is 2.27. The van der Waals surface area contributed by atoms with Gasteiger partial charge in [0, 0.05) is 30.9 Å². The highest BCUT2D eigenvalue weighted by atomic mass is 19.2. The lowest BCUT2D eigenvalue weighted by atomic mass is 10.0. The van der Waals surface area contributed by atoms with Gasteiger partial charge in [-0.1, -0.05) is 0 Å². The van der Waals surface area contributed by atoms with Crippen LogP contribution in [0.15, 0.2) is 30.3 Å². The van der Waals surface area contributed by atoms with E-state index < -0.39 is 11.6 Å². The first-order valence-electron chi connectivity index (χ1n) is 8.88. The molecule has 0 radical (unpaired) electrons. The van der Waals surface area contributed by atoms with Crippen molar-refractivity contribution in [1.82, 2.24) is 4.90 Å². The van der Waals surface area contributed by atoms with Crippen LogP contribution >= 0.6 is 0 Å². The van der Waals surface area contributed by atoms with Gasteiger partial charge < -0.3 is 19.9 Å². The summed E-state index contributed by atoms with van der Waals surface area (Å²) in [5.74, 6) is -0.965. The summed E-state index contributed by atoms with van der Waals surface area (Å²) in [5.41, 5.74) is 1.55. The molecule has 0 aromatic heterocycles. The van der Waals surface area contributed by atoms with Crippen LogP contribution in [-0.2, 0) is 6.54 Å². The SMILES string of the molecule is COc1cc(CN2CCCC(Nc3ccc(F)c(F)c3)C2)cc(OC)c1O. The molecule has 1 heterocycles. The average Bonchev–Trinajstić information content (AvgIpc) is 2.66. The lowest BCUT2D eigenvalue weighted by Crippen LogP contribution is -2.41. The van der Waals surface area contributed by atoms with E-state index in [1.54, 1.807) is 18.2 Å². The molecule has 27 heavy (non-hydrogen) atoms. The number of nitrogens with zero attached hydrogens (tertiary/aromatic N) is 1. The van der Waals surface area contributed by atoms with Gasteiger partial charge >= 0.3 is 0 Å². The molecule has 0 bridgehead atoms. The van der Waals surface area contributed by atoms with Crippen molar-refractivity contribution < 1.29 is 23.4 Å². The van der Waals surface area contributed by atoms with Crippen molar-refractivity contribution in [3.05, 3.63) is 47.5 Å². The first-order chi connectivity index (χ1) is 13.0. The third kappa shape index (κ3) is 4.60. The summed E-state index contributed by atoms with van der Waals surface area (Å²) in [6.07, 6.45) is 1.95. The molecule has 0 saturated carbocycles. The Kier molecular flexibility index (Phi) is 6.01. The zero-order valence-corrected chi connectivity index (χ0v) is 15.5. The van der Waals surface area contributed by atoms with Crippen LogP contribution in [0, 0.1) is 11.6 Å². The number of likely N-dealkylation sites (tertiary alicyclic amines) is 1. The minimum absolute atomic E-state index is 0.0136. The molecule has 2 aromatic carbocycles. The molecule has 1 aliphatic rings. The molecule has 146 valence electrons. The van der Waals surface area contributed by atoms with Gasteiger partial charge in [-0.05, 0) is 49.2 Å². The van der Waals surface area contributed by atoms with E-state index in [-0.39, 0.29) is 11.8 Å². The number of nitrogens with one attached hydrogen (secondary N) is 1. The van der Waals surface area contributed by atoms with Gasteiger partial charge in [-0.3, -0.25) is 4.90 Å². The van der Waals surface area contributed by atoms with Gasteiger partial charge in [0.05, 0.1) is 14.2 Å². The number of anilines is 1. The second-order valence-corrected chi connectivity index (χ2v) is 6.70. The van der Waals surface area contributed by atoms with E-state index in [9.17, 15) is 13.9 Å². The van der Waals surface area contributed by atoms with Gasteiger partial charge in [0.25, 0.3) is 0 Å². The summed E-state index contributed by atoms with van der Waals surface area (Å²) in [6, 6.07) is 7.60. The summed E-state index contributed by atoms with van der Waals surface area (Å²) in [7, 11) is 3.00. The Morgan fingerprint density at radius 2 is 1.81 bits per heavy atom. The number of aromatic hydroxyl groups is 1. The maximum atomic E-state index is 13.4. The topological polar surface area (TPSA) is 54.0 Å². The number of hydrogen-bond donors (Lipinski definition) is 2. The lowest BCUT2D eigenvalue weighted by molar-refractivity contribution is 0.208. The second kappa shape index (κ2) is 8.43. The lowest BCUT2D eigenvalue weighted by Gasteiger charge is -2.33. The number of rotatable bonds is 6. The van der Waals surface area contributed by atoms with Gasteiger partial charge in [-0.2, -0.15) is 0 Å². The summed E-state index contributed by atoms with van der Waals surface area (Å²) in [5, 5.41) is 13.3. The molecule has 1 unspecified atom stereocenters. The number of piperidine rings is 1. The highest BCUT2D eigenvalue weighted by Gasteiger charge is 2.21. The minimum atomic E-state index is -0.851. The van der Waals surface area contributed by atoms with Gasteiger partial charge in [0.2, 0.25) is 5.75 Å². The van der Waals surface area contributed by atoms with Crippen molar-refractivity contribution >= 4 is 5.69 Å². The van der Waals surface area contributed by atoms with E-state index in [0.29, 0.717) is 23.7 Å². The molecule has 0 spiro atoms. The van der Waals surface area contributed by atoms with E-state index in [4.69, 9.17) is 9.47 Å². The smallest absolute Gasteiger partial charge is 0.200 e. The van der Waals surface area contributed by atoms with Crippen LogP contribution in [-0.4, -0.2) is 43.4 Å². The third-order valence-corrected chi connectivity index (χ3v) is 4.74. The quantitative estimate of drug-likeness (QED) is 0.802. The van der Waals surface area contributed by atoms with Gasteiger partial charge in [-0.25, -0.2) is 8.78 Å². The van der Waals surface area contributed by atoms with Crippen LogP contribution in [0.5, 0.6) is 17.2 Å². The number of benzene rings is 2. The molecule has 0 aliphatic carbocycles. The maximum Gasteiger partial charge on any atom is 0.200 e. The monoisotopic (exact) mass is 378 g/mol. The van der Waals surface area contributed by atoms with E-state index in [1.165, 1.54) is 20.3 Å². The van der Waals surface area contributed by atoms with Gasteiger partial charge in [0.15, 0.2) is 23.1 Å². The molecular weight excluding hydrogens is 354 g/mol. The predicted molar refractivity (Wildman–Crippen MR) is 99.5 cm³/mol. The number of phenolic OH excluding ortho intramolecular Hbond substituents is 1. The van der Waals surface area contributed by atoms with E-state index in [2.05, 4.69) is 10.2 Å². The molecule has 1 fully saturated rings. The van der Waals surface area contributed by atoms with Crippen LogP contribution in [0.4, 0.5) is 14.5 Å². The minimum Gasteiger partial charge on any atom is -0.502 e. The van der Waals surface area contributed by atoms with Gasteiger partial charge in [0.1, 0.15) is 0 Å². The molecule has 1 saturated heterocycles. The number of phenols is 1. The molecule has 5 nitrogen and oxygen atoms in total. The Morgan fingerprint density at radius 3 is 2.44 bits per heavy atom. The van der Waals surface area contributed by atoms with Crippen LogP contribution in [0.25, 0.3) is 0 Å². The van der Waals surface area contributed by atoms with Crippen molar-refractivity contribution in [2.75, 3.05) is 32.6 Å². The first-order valence-corrected chi connectivity index (χ1v) is 8.88. The van der Waals surface area contributed by atoms with Crippen LogP contribution < -0.4 is 14.8 Å². The Bertz CT molecular complexity index is 776. The van der Waals surface area contributed by atoms with E-state index in [1.807, 2.05) is 0 Å². The van der Waals surface area contributed by atoms with Crippen LogP contribution in [0.1, 0.15) is 18.4 Å². The van der Waals surface area contributed by atoms with Crippen molar-refractivity contribution in [1.29, 1.82) is 0 Å². The van der Waals surface area contributed by atoms with Crippen molar-refractivity contribution in [3.63, 3.8) is 0 Å². The molecule has 1 atom stereocenters. The molecule has 2 N–H and O–H groups in total. The standard InChI is InChI=1S/C20H24F2N2O3/c1-26-18-8-13(9-19(27-2)20(18)25)11-24-7-3-4-15(12-24)23-14-5-6-16(21)17(22)10-14/h5-6,8-10,15,23,25H,3-4,7,11-12H2,1-2H3. The first kappa shape index (κ1) is 19.2. The van der Waals surface area contributed by atoms with Crippen molar-refractivity contribution in [2.45, 2.75) is 25.4 Å². The molecule has 2 aromatic rings. The van der Waals surface area contributed by atoms with E-state index >= 15 is 0 Å². The van der Waals surface area contributed by atoms with Gasteiger partial charge in [-0.15, -0.1) is 0 Å². The predicted octanol–water partition coefficient (Wildman–Crippen LogP) is 3.76. The summed E-state index contributed by atoms with van der Waals surface area (Å²) >= 11 is 0.